The van der Waals surface area contributed by atoms with Crippen molar-refractivity contribution in [2.45, 2.75) is 12.5 Å². The average Bonchev–Trinajstić information content (AvgIpc) is 2.62. The summed E-state index contributed by atoms with van der Waals surface area (Å²) in [7, 11) is 0. The highest BCUT2D eigenvalue weighted by atomic mass is 79.9. The minimum atomic E-state index is -0.362. The molecule has 25 heavy (non-hydrogen) atoms. The summed E-state index contributed by atoms with van der Waals surface area (Å²) in [5.41, 5.74) is 2.82. The first-order chi connectivity index (χ1) is 12.1. The fraction of sp³-hybridized carbons (Fsp3) is 0.100. The number of hydrogen-bond acceptors (Lipinski definition) is 3. The summed E-state index contributed by atoms with van der Waals surface area (Å²) < 4.78 is 0.798. The Balaban J connectivity index is 1.96. The zero-order valence-corrected chi connectivity index (χ0v) is 15.0. The van der Waals surface area contributed by atoms with Crippen LogP contribution in [0.1, 0.15) is 17.2 Å². The molecule has 0 aliphatic rings. The third kappa shape index (κ3) is 4.45. The van der Waals surface area contributed by atoms with Crippen LogP contribution < -0.4 is 5.32 Å². The van der Waals surface area contributed by atoms with Crippen molar-refractivity contribution in [1.29, 1.82) is 0 Å². The number of nitrogens with one attached hydrogen (secondary N) is 1. The highest BCUT2D eigenvalue weighted by Gasteiger charge is 2.19. The van der Waals surface area contributed by atoms with Gasteiger partial charge in [-0.25, -0.2) is 0 Å². The second kappa shape index (κ2) is 7.94. The minimum absolute atomic E-state index is 0.0668. The summed E-state index contributed by atoms with van der Waals surface area (Å²) in [5.74, 6) is 0. The van der Waals surface area contributed by atoms with Gasteiger partial charge in [0.15, 0.2) is 0 Å². The Labute approximate surface area is 154 Å². The molecule has 0 aromatic heterocycles. The molecule has 0 fully saturated rings. The highest BCUT2D eigenvalue weighted by molar-refractivity contribution is 9.10. The molecule has 0 saturated carbocycles. The second-order valence-corrected chi connectivity index (χ2v) is 6.63. The molecule has 4 nitrogen and oxygen atoms in total. The summed E-state index contributed by atoms with van der Waals surface area (Å²) in [6.45, 7) is 0. The van der Waals surface area contributed by atoms with Crippen molar-refractivity contribution >= 4 is 27.3 Å². The maximum atomic E-state index is 11.4. The zero-order valence-electron chi connectivity index (χ0n) is 13.4. The predicted octanol–water partition coefficient (Wildman–Crippen LogP) is 5.75. The van der Waals surface area contributed by atoms with Gasteiger partial charge in [-0.15, -0.1) is 0 Å². The van der Waals surface area contributed by atoms with Gasteiger partial charge >= 0.3 is 0 Å². The summed E-state index contributed by atoms with van der Waals surface area (Å²) in [5, 5.41) is 14.7. The molecule has 1 N–H and O–H groups in total. The molecule has 0 radical (unpaired) electrons. The lowest BCUT2D eigenvalue weighted by Crippen LogP contribution is -2.14. The fourth-order valence-electron chi connectivity index (χ4n) is 2.76. The summed E-state index contributed by atoms with van der Waals surface area (Å²) >= 11 is 3.40. The number of nitro groups is 1. The first-order valence-electron chi connectivity index (χ1n) is 7.93. The number of nitrogens with zero attached hydrogens (tertiary/aromatic N) is 1. The van der Waals surface area contributed by atoms with E-state index in [4.69, 9.17) is 0 Å². The van der Waals surface area contributed by atoms with E-state index in [0.717, 1.165) is 16.5 Å². The van der Waals surface area contributed by atoms with Crippen LogP contribution in [0.25, 0.3) is 0 Å². The Kier molecular flexibility index (Phi) is 5.46. The quantitative estimate of drug-likeness (QED) is 0.426. The molecule has 3 aromatic rings. The van der Waals surface area contributed by atoms with Gasteiger partial charge in [-0.05, 0) is 29.7 Å². The molecular weight excluding hydrogens is 380 g/mol. The van der Waals surface area contributed by atoms with E-state index >= 15 is 0 Å². The maximum absolute atomic E-state index is 11.4. The smallest absolute Gasteiger partial charge is 0.292 e. The number of anilines is 1. The Bertz CT molecular complexity index is 854. The van der Waals surface area contributed by atoms with Gasteiger partial charge in [0, 0.05) is 10.5 Å². The summed E-state index contributed by atoms with van der Waals surface area (Å²) in [4.78, 5) is 11.0. The fourth-order valence-corrected chi connectivity index (χ4v) is 3.12. The van der Waals surface area contributed by atoms with Gasteiger partial charge in [0.05, 0.1) is 11.0 Å². The lowest BCUT2D eigenvalue weighted by atomic mass is 9.98. The van der Waals surface area contributed by atoms with Gasteiger partial charge in [-0.3, -0.25) is 10.1 Å². The number of benzene rings is 3. The normalized spacial score (nSPS) is 11.7. The van der Waals surface area contributed by atoms with Crippen LogP contribution in [0, 0.1) is 10.1 Å². The van der Waals surface area contributed by atoms with Crippen molar-refractivity contribution in [2.75, 3.05) is 5.32 Å². The third-order valence-electron chi connectivity index (χ3n) is 3.97. The molecule has 0 spiro atoms. The monoisotopic (exact) mass is 396 g/mol. The van der Waals surface area contributed by atoms with Crippen molar-refractivity contribution in [3.05, 3.63) is 105 Å². The molecule has 0 aliphatic heterocycles. The molecule has 126 valence electrons. The van der Waals surface area contributed by atoms with Crippen LogP contribution in [-0.2, 0) is 6.42 Å². The van der Waals surface area contributed by atoms with Crippen LogP contribution in [0.4, 0.5) is 11.4 Å². The van der Waals surface area contributed by atoms with Crippen LogP contribution in [0.2, 0.25) is 0 Å². The molecule has 1 unspecified atom stereocenters. The largest absolute Gasteiger partial charge is 0.372 e. The maximum Gasteiger partial charge on any atom is 0.292 e. The molecule has 0 saturated heterocycles. The Hall–Kier alpha value is -2.66. The van der Waals surface area contributed by atoms with Gasteiger partial charge < -0.3 is 5.32 Å². The first-order valence-corrected chi connectivity index (χ1v) is 8.72. The van der Waals surface area contributed by atoms with Gasteiger partial charge in [0.1, 0.15) is 5.69 Å². The Morgan fingerprint density at radius 1 is 0.960 bits per heavy atom. The molecule has 5 heteroatoms. The van der Waals surface area contributed by atoms with Crippen molar-refractivity contribution in [3.8, 4) is 0 Å². The topological polar surface area (TPSA) is 55.2 Å². The Morgan fingerprint density at radius 2 is 1.60 bits per heavy atom. The summed E-state index contributed by atoms with van der Waals surface area (Å²) in [6.07, 6.45) is 0.731. The molecule has 0 amide bonds. The van der Waals surface area contributed by atoms with E-state index in [1.54, 1.807) is 12.1 Å². The molecule has 0 bridgehead atoms. The second-order valence-electron chi connectivity index (χ2n) is 5.72. The number of hydrogen-bond donors (Lipinski definition) is 1. The van der Waals surface area contributed by atoms with E-state index in [-0.39, 0.29) is 16.7 Å². The summed E-state index contributed by atoms with van der Waals surface area (Å²) in [6, 6.07) is 24.9. The third-order valence-corrected chi connectivity index (χ3v) is 4.46. The molecule has 1 atom stereocenters. The van der Waals surface area contributed by atoms with Crippen molar-refractivity contribution < 1.29 is 4.92 Å². The van der Waals surface area contributed by atoms with E-state index in [1.165, 1.54) is 11.6 Å². The van der Waals surface area contributed by atoms with Gasteiger partial charge in [0.2, 0.25) is 0 Å². The van der Waals surface area contributed by atoms with Gasteiger partial charge in [0.25, 0.3) is 5.69 Å². The van der Waals surface area contributed by atoms with Crippen LogP contribution in [0.5, 0.6) is 0 Å². The van der Waals surface area contributed by atoms with Crippen LogP contribution >= 0.6 is 15.9 Å². The average molecular weight is 397 g/mol. The SMILES string of the molecule is O=[N+]([O-])c1ccc(Br)cc1NC(Cc1ccccc1)c1ccccc1. The van der Waals surface area contributed by atoms with E-state index in [0.29, 0.717) is 5.69 Å². The molecule has 0 heterocycles. The molecular formula is C20H17BrN2O2. The lowest BCUT2D eigenvalue weighted by molar-refractivity contribution is -0.384. The number of halogens is 1. The minimum Gasteiger partial charge on any atom is -0.372 e. The molecule has 3 aromatic carbocycles. The van der Waals surface area contributed by atoms with Crippen LogP contribution in [0.3, 0.4) is 0 Å². The van der Waals surface area contributed by atoms with Crippen molar-refractivity contribution in [2.24, 2.45) is 0 Å². The molecule has 0 aliphatic carbocycles. The van der Waals surface area contributed by atoms with Crippen molar-refractivity contribution in [1.82, 2.24) is 0 Å². The van der Waals surface area contributed by atoms with Crippen LogP contribution in [0.15, 0.2) is 83.3 Å². The van der Waals surface area contributed by atoms with Crippen LogP contribution in [-0.4, -0.2) is 4.92 Å². The lowest BCUT2D eigenvalue weighted by Gasteiger charge is -2.21. The Morgan fingerprint density at radius 3 is 2.24 bits per heavy atom. The predicted molar refractivity (Wildman–Crippen MR) is 104 cm³/mol. The van der Waals surface area contributed by atoms with Gasteiger partial charge in [-0.2, -0.15) is 0 Å². The number of rotatable bonds is 6. The number of nitro benzene ring substituents is 1. The highest BCUT2D eigenvalue weighted by Crippen LogP contribution is 2.32. The van der Waals surface area contributed by atoms with Gasteiger partial charge in [-0.1, -0.05) is 76.6 Å². The molecule has 3 rings (SSSR count). The zero-order chi connectivity index (χ0) is 17.6. The standard InChI is InChI=1S/C20H17BrN2O2/c21-17-11-12-20(23(24)25)19(14-17)22-18(16-9-5-2-6-10-16)13-15-7-3-1-4-8-15/h1-12,14,18,22H,13H2. The first kappa shape index (κ1) is 17.2. The van der Waals surface area contributed by atoms with Crippen molar-refractivity contribution in [3.63, 3.8) is 0 Å². The van der Waals surface area contributed by atoms with E-state index in [9.17, 15) is 10.1 Å². The van der Waals surface area contributed by atoms with E-state index in [2.05, 4.69) is 33.4 Å². The van der Waals surface area contributed by atoms with E-state index < -0.39 is 0 Å². The van der Waals surface area contributed by atoms with E-state index in [1.807, 2.05) is 48.5 Å².